The van der Waals surface area contributed by atoms with Gasteiger partial charge in [-0.25, -0.2) is 0 Å². The molecule has 0 bridgehead atoms. The zero-order valence-electron chi connectivity index (χ0n) is 18.3. The highest BCUT2D eigenvalue weighted by molar-refractivity contribution is 5.94. The van der Waals surface area contributed by atoms with Crippen LogP contribution in [0.15, 0.2) is 24.3 Å². The molecule has 162 valence electrons. The molecule has 0 aliphatic carbocycles. The molecule has 0 aromatic heterocycles. The van der Waals surface area contributed by atoms with E-state index in [0.29, 0.717) is 51.9 Å². The minimum atomic E-state index is 0.0297. The first-order valence-electron chi connectivity index (χ1n) is 10.6. The number of nitrogens with one attached hydrogen (secondary N) is 1. The highest BCUT2D eigenvalue weighted by Crippen LogP contribution is 2.19. The quantitative estimate of drug-likeness (QED) is 0.603. The summed E-state index contributed by atoms with van der Waals surface area (Å²) in [4.78, 5) is 31.1. The van der Waals surface area contributed by atoms with Crippen LogP contribution >= 0.6 is 0 Å². The van der Waals surface area contributed by atoms with Crippen LogP contribution in [0.1, 0.15) is 37.6 Å². The number of anilines is 1. The van der Waals surface area contributed by atoms with Gasteiger partial charge in [-0.1, -0.05) is 0 Å². The van der Waals surface area contributed by atoms with Gasteiger partial charge in [0.05, 0.1) is 6.54 Å². The van der Waals surface area contributed by atoms with Crippen molar-refractivity contribution in [3.8, 4) is 0 Å². The zero-order valence-corrected chi connectivity index (χ0v) is 18.3. The second-order valence-electron chi connectivity index (χ2n) is 7.69. The van der Waals surface area contributed by atoms with Crippen molar-refractivity contribution in [1.29, 1.82) is 0 Å². The van der Waals surface area contributed by atoms with E-state index < -0.39 is 0 Å². The van der Waals surface area contributed by atoms with Crippen molar-refractivity contribution in [3.05, 3.63) is 29.8 Å². The molecule has 1 N–H and O–H groups in total. The van der Waals surface area contributed by atoms with E-state index in [0.717, 1.165) is 24.2 Å². The number of carbonyl (C=O) groups excluding carboxylic acids is 2. The van der Waals surface area contributed by atoms with E-state index in [1.807, 2.05) is 29.2 Å². The van der Waals surface area contributed by atoms with Gasteiger partial charge in [0.15, 0.2) is 0 Å². The summed E-state index contributed by atoms with van der Waals surface area (Å²) >= 11 is 0. The molecule has 7 nitrogen and oxygen atoms in total. The molecule has 1 aliphatic heterocycles. The minimum absolute atomic E-state index is 0.0297. The van der Waals surface area contributed by atoms with Crippen molar-refractivity contribution in [2.45, 2.75) is 33.2 Å². The van der Waals surface area contributed by atoms with E-state index in [4.69, 9.17) is 4.74 Å². The fourth-order valence-corrected chi connectivity index (χ4v) is 3.64. The Balaban J connectivity index is 1.80. The van der Waals surface area contributed by atoms with E-state index >= 15 is 0 Å². The van der Waals surface area contributed by atoms with Gasteiger partial charge in [-0.2, -0.15) is 0 Å². The standard InChI is InChI=1S/C22H36N4O3/c1-5-26(18(2)3)20-9-7-19(8-10-20)22(28)25-14-12-24(13-15-25)17-21(27)23-11-6-16-29-4/h7-10,18H,5-6,11-17H2,1-4H3,(H,23,27). The largest absolute Gasteiger partial charge is 0.385 e. The molecule has 1 heterocycles. The second kappa shape index (κ2) is 11.8. The van der Waals surface area contributed by atoms with Crippen molar-refractivity contribution in [2.24, 2.45) is 0 Å². The summed E-state index contributed by atoms with van der Waals surface area (Å²) in [6.07, 6.45) is 0.816. The van der Waals surface area contributed by atoms with Crippen molar-refractivity contribution >= 4 is 17.5 Å². The average Bonchev–Trinajstić information content (AvgIpc) is 2.72. The maximum atomic E-state index is 12.8. The van der Waals surface area contributed by atoms with E-state index in [1.54, 1.807) is 7.11 Å². The Labute approximate surface area is 175 Å². The number of carbonyl (C=O) groups is 2. The van der Waals surface area contributed by atoms with E-state index in [-0.39, 0.29) is 11.8 Å². The lowest BCUT2D eigenvalue weighted by molar-refractivity contribution is -0.122. The van der Waals surface area contributed by atoms with Crippen molar-refractivity contribution in [1.82, 2.24) is 15.1 Å². The third-order valence-electron chi connectivity index (χ3n) is 5.28. The molecular weight excluding hydrogens is 368 g/mol. The van der Waals surface area contributed by atoms with Gasteiger partial charge in [-0.05, 0) is 51.5 Å². The number of piperazine rings is 1. The Morgan fingerprint density at radius 1 is 1.14 bits per heavy atom. The Morgan fingerprint density at radius 3 is 2.34 bits per heavy atom. The molecule has 1 saturated heterocycles. The molecule has 0 radical (unpaired) electrons. The Morgan fingerprint density at radius 2 is 1.79 bits per heavy atom. The summed E-state index contributed by atoms with van der Waals surface area (Å²) in [6, 6.07) is 8.32. The van der Waals surface area contributed by atoms with Gasteiger partial charge < -0.3 is 19.9 Å². The number of nitrogens with zero attached hydrogens (tertiary/aromatic N) is 3. The molecule has 1 aromatic rings. The number of hydrogen-bond acceptors (Lipinski definition) is 5. The maximum absolute atomic E-state index is 12.8. The van der Waals surface area contributed by atoms with Crippen LogP contribution < -0.4 is 10.2 Å². The highest BCUT2D eigenvalue weighted by Gasteiger charge is 2.23. The molecule has 0 spiro atoms. The fourth-order valence-electron chi connectivity index (χ4n) is 3.64. The van der Waals surface area contributed by atoms with Crippen LogP contribution in [0.2, 0.25) is 0 Å². The summed E-state index contributed by atoms with van der Waals surface area (Å²) in [5.41, 5.74) is 1.86. The summed E-state index contributed by atoms with van der Waals surface area (Å²) < 4.78 is 4.98. The van der Waals surface area contributed by atoms with Crippen molar-refractivity contribution in [3.63, 3.8) is 0 Å². The molecule has 1 aromatic carbocycles. The summed E-state index contributed by atoms with van der Waals surface area (Å²) in [6.45, 7) is 11.8. The van der Waals surface area contributed by atoms with Crippen LogP contribution in [0.25, 0.3) is 0 Å². The number of benzene rings is 1. The van der Waals surface area contributed by atoms with Gasteiger partial charge in [0.25, 0.3) is 5.91 Å². The number of hydrogen-bond donors (Lipinski definition) is 1. The predicted octanol–water partition coefficient (Wildman–Crippen LogP) is 1.83. The molecule has 29 heavy (non-hydrogen) atoms. The Kier molecular flexibility index (Phi) is 9.41. The highest BCUT2D eigenvalue weighted by atomic mass is 16.5. The molecular formula is C22H36N4O3. The van der Waals surface area contributed by atoms with Gasteiger partial charge in [-0.15, -0.1) is 0 Å². The van der Waals surface area contributed by atoms with Crippen molar-refractivity contribution in [2.75, 3.05) is 64.4 Å². The van der Waals surface area contributed by atoms with E-state index in [2.05, 4.69) is 35.9 Å². The van der Waals surface area contributed by atoms with Crippen molar-refractivity contribution < 1.29 is 14.3 Å². The lowest BCUT2D eigenvalue weighted by Gasteiger charge is -2.34. The number of methoxy groups -OCH3 is 1. The molecule has 0 atom stereocenters. The molecule has 1 aliphatic rings. The van der Waals surface area contributed by atoms with Crippen LogP contribution in [0, 0.1) is 0 Å². The monoisotopic (exact) mass is 404 g/mol. The van der Waals surface area contributed by atoms with E-state index in [9.17, 15) is 9.59 Å². The summed E-state index contributed by atoms with van der Waals surface area (Å²) in [7, 11) is 1.66. The average molecular weight is 405 g/mol. The molecule has 0 unspecified atom stereocenters. The Bertz CT molecular complexity index is 640. The second-order valence-corrected chi connectivity index (χ2v) is 7.69. The first kappa shape index (κ1) is 23.2. The topological polar surface area (TPSA) is 65.1 Å². The molecule has 1 fully saturated rings. The molecule has 2 amide bonds. The maximum Gasteiger partial charge on any atom is 0.253 e. The third-order valence-corrected chi connectivity index (χ3v) is 5.28. The smallest absolute Gasteiger partial charge is 0.253 e. The molecule has 2 rings (SSSR count). The van der Waals surface area contributed by atoms with Gasteiger partial charge in [0, 0.05) is 70.3 Å². The predicted molar refractivity (Wildman–Crippen MR) is 116 cm³/mol. The van der Waals surface area contributed by atoms with E-state index in [1.165, 1.54) is 0 Å². The molecule has 7 heteroatoms. The van der Waals surface area contributed by atoms with Gasteiger partial charge in [0.2, 0.25) is 5.91 Å². The first-order valence-corrected chi connectivity index (χ1v) is 10.6. The van der Waals surface area contributed by atoms with Crippen LogP contribution in [0.4, 0.5) is 5.69 Å². The van der Waals surface area contributed by atoms with Gasteiger partial charge >= 0.3 is 0 Å². The summed E-state index contributed by atoms with van der Waals surface area (Å²) in [5.74, 6) is 0.0925. The normalized spacial score (nSPS) is 14.9. The summed E-state index contributed by atoms with van der Waals surface area (Å²) in [5, 5.41) is 2.91. The van der Waals surface area contributed by atoms with Gasteiger partial charge in [0.1, 0.15) is 0 Å². The fraction of sp³-hybridized carbons (Fsp3) is 0.636. The first-order chi connectivity index (χ1) is 14.0. The Hall–Kier alpha value is -2.12. The number of amides is 2. The van der Waals surface area contributed by atoms with Crippen LogP contribution in [-0.4, -0.2) is 87.2 Å². The minimum Gasteiger partial charge on any atom is -0.385 e. The van der Waals surface area contributed by atoms with Gasteiger partial charge in [-0.3, -0.25) is 14.5 Å². The van der Waals surface area contributed by atoms with Crippen LogP contribution in [0.3, 0.4) is 0 Å². The SMILES string of the molecule is CCN(c1ccc(C(=O)N2CCN(CC(=O)NCCCOC)CC2)cc1)C(C)C. The lowest BCUT2D eigenvalue weighted by Crippen LogP contribution is -2.51. The number of ether oxygens (including phenoxy) is 1. The zero-order chi connectivity index (χ0) is 21.2. The van der Waals surface area contributed by atoms with Crippen LogP contribution in [0.5, 0.6) is 0 Å². The number of rotatable bonds is 10. The molecule has 0 saturated carbocycles. The third kappa shape index (κ3) is 7.01. The lowest BCUT2D eigenvalue weighted by atomic mass is 10.1. The van der Waals surface area contributed by atoms with Crippen LogP contribution in [-0.2, 0) is 9.53 Å².